The van der Waals surface area contributed by atoms with Crippen molar-refractivity contribution in [2.75, 3.05) is 32.4 Å². The number of rotatable bonds is 6. The molecule has 0 fully saturated rings. The molecule has 1 aromatic rings. The molecular formula is C11H18FN3O2S. The van der Waals surface area contributed by atoms with Crippen LogP contribution in [0.3, 0.4) is 0 Å². The van der Waals surface area contributed by atoms with Crippen LogP contribution in [0.2, 0.25) is 0 Å². The molecule has 7 heteroatoms. The summed E-state index contributed by atoms with van der Waals surface area (Å²) in [5.41, 5.74) is 5.07. The SMILES string of the molecule is CCN(C)CCNS(=O)(=O)c1cccc(F)c1N. The highest BCUT2D eigenvalue weighted by atomic mass is 32.2. The van der Waals surface area contributed by atoms with E-state index in [-0.39, 0.29) is 17.1 Å². The lowest BCUT2D eigenvalue weighted by Gasteiger charge is -2.14. The molecule has 0 aliphatic heterocycles. The highest BCUT2D eigenvalue weighted by Crippen LogP contribution is 2.20. The van der Waals surface area contributed by atoms with E-state index in [2.05, 4.69) is 4.72 Å². The molecule has 18 heavy (non-hydrogen) atoms. The molecule has 0 aromatic heterocycles. The summed E-state index contributed by atoms with van der Waals surface area (Å²) in [6, 6.07) is 3.72. The van der Waals surface area contributed by atoms with E-state index in [1.165, 1.54) is 12.1 Å². The summed E-state index contributed by atoms with van der Waals surface area (Å²) >= 11 is 0. The number of nitrogens with zero attached hydrogens (tertiary/aromatic N) is 1. The molecule has 0 unspecified atom stereocenters. The summed E-state index contributed by atoms with van der Waals surface area (Å²) in [7, 11) is -1.88. The molecule has 3 N–H and O–H groups in total. The second-order valence-electron chi connectivity index (χ2n) is 3.95. The van der Waals surface area contributed by atoms with Crippen molar-refractivity contribution in [1.29, 1.82) is 0 Å². The summed E-state index contributed by atoms with van der Waals surface area (Å²) in [6.45, 7) is 3.62. The first-order chi connectivity index (χ1) is 8.38. The predicted octanol–water partition coefficient (Wildman–Crippen LogP) is 0.638. The largest absolute Gasteiger partial charge is 0.395 e. The van der Waals surface area contributed by atoms with Crippen molar-refractivity contribution in [2.24, 2.45) is 0 Å². The minimum Gasteiger partial charge on any atom is -0.395 e. The number of anilines is 1. The van der Waals surface area contributed by atoms with Gasteiger partial charge in [-0.15, -0.1) is 0 Å². The lowest BCUT2D eigenvalue weighted by molar-refractivity contribution is 0.358. The van der Waals surface area contributed by atoms with Gasteiger partial charge in [0, 0.05) is 13.1 Å². The fraction of sp³-hybridized carbons (Fsp3) is 0.455. The summed E-state index contributed by atoms with van der Waals surface area (Å²) in [4.78, 5) is 1.74. The van der Waals surface area contributed by atoms with Gasteiger partial charge in [0.05, 0.1) is 5.69 Å². The number of nitrogens with two attached hydrogens (primary N) is 1. The second kappa shape index (κ2) is 6.12. The Morgan fingerprint density at radius 3 is 2.72 bits per heavy atom. The van der Waals surface area contributed by atoms with Gasteiger partial charge >= 0.3 is 0 Å². The van der Waals surface area contributed by atoms with Gasteiger partial charge in [0.15, 0.2) is 0 Å². The maximum atomic E-state index is 13.2. The topological polar surface area (TPSA) is 75.4 Å². The third kappa shape index (κ3) is 3.66. The van der Waals surface area contributed by atoms with Gasteiger partial charge < -0.3 is 10.6 Å². The Morgan fingerprint density at radius 2 is 2.11 bits per heavy atom. The van der Waals surface area contributed by atoms with Crippen LogP contribution < -0.4 is 10.5 Å². The van der Waals surface area contributed by atoms with Gasteiger partial charge in [0.25, 0.3) is 0 Å². The van der Waals surface area contributed by atoms with Gasteiger partial charge in [0.2, 0.25) is 10.0 Å². The molecule has 0 aliphatic rings. The van der Waals surface area contributed by atoms with Crippen molar-refractivity contribution in [1.82, 2.24) is 9.62 Å². The van der Waals surface area contributed by atoms with E-state index >= 15 is 0 Å². The Morgan fingerprint density at radius 1 is 1.44 bits per heavy atom. The molecule has 0 radical (unpaired) electrons. The van der Waals surface area contributed by atoms with Crippen molar-refractivity contribution in [3.63, 3.8) is 0 Å². The first-order valence-electron chi connectivity index (χ1n) is 5.60. The Kier molecular flexibility index (Phi) is 5.06. The number of halogens is 1. The maximum Gasteiger partial charge on any atom is 0.242 e. The van der Waals surface area contributed by atoms with Gasteiger partial charge in [-0.05, 0) is 25.7 Å². The number of para-hydroxylation sites is 1. The van der Waals surface area contributed by atoms with Crippen molar-refractivity contribution >= 4 is 15.7 Å². The number of nitrogen functional groups attached to an aromatic ring is 1. The molecule has 0 spiro atoms. The zero-order valence-corrected chi connectivity index (χ0v) is 11.3. The molecule has 1 rings (SSSR count). The van der Waals surface area contributed by atoms with E-state index in [0.717, 1.165) is 12.6 Å². The molecule has 0 bridgehead atoms. The lowest BCUT2D eigenvalue weighted by Crippen LogP contribution is -2.33. The standard InChI is InChI=1S/C11H18FN3O2S/c1-3-15(2)8-7-14-18(16,17)10-6-4-5-9(12)11(10)13/h4-6,14H,3,7-8,13H2,1-2H3. The van der Waals surface area contributed by atoms with Crippen LogP contribution in [0, 0.1) is 5.82 Å². The third-order valence-corrected chi connectivity index (χ3v) is 4.15. The van der Waals surface area contributed by atoms with Crippen molar-refractivity contribution in [3.05, 3.63) is 24.0 Å². The monoisotopic (exact) mass is 275 g/mol. The van der Waals surface area contributed by atoms with E-state index < -0.39 is 15.8 Å². The molecule has 102 valence electrons. The normalized spacial score (nSPS) is 12.0. The van der Waals surface area contributed by atoms with Crippen LogP contribution in [0.4, 0.5) is 10.1 Å². The van der Waals surface area contributed by atoms with E-state index in [4.69, 9.17) is 5.73 Å². The first kappa shape index (κ1) is 14.9. The van der Waals surface area contributed by atoms with Crippen LogP contribution in [0.25, 0.3) is 0 Å². The number of sulfonamides is 1. The lowest BCUT2D eigenvalue weighted by atomic mass is 10.3. The number of likely N-dealkylation sites (N-methyl/N-ethyl adjacent to an activating group) is 1. The van der Waals surface area contributed by atoms with Crippen molar-refractivity contribution in [2.45, 2.75) is 11.8 Å². The fourth-order valence-corrected chi connectivity index (χ4v) is 2.52. The van der Waals surface area contributed by atoms with Crippen LogP contribution in [-0.4, -0.2) is 40.0 Å². The molecular weight excluding hydrogens is 257 g/mol. The Bertz CT molecular complexity index is 505. The third-order valence-electron chi connectivity index (χ3n) is 2.63. The molecule has 0 saturated carbocycles. The highest BCUT2D eigenvalue weighted by molar-refractivity contribution is 7.89. The van der Waals surface area contributed by atoms with Crippen LogP contribution in [0.15, 0.2) is 23.1 Å². The minimum absolute atomic E-state index is 0.221. The first-order valence-corrected chi connectivity index (χ1v) is 7.09. The Labute approximate surface area is 107 Å². The van der Waals surface area contributed by atoms with Gasteiger partial charge in [-0.25, -0.2) is 17.5 Å². The van der Waals surface area contributed by atoms with Crippen molar-refractivity contribution < 1.29 is 12.8 Å². The minimum atomic E-state index is -3.76. The number of hydrogen-bond donors (Lipinski definition) is 2. The molecule has 0 atom stereocenters. The van der Waals surface area contributed by atoms with E-state index in [1.807, 2.05) is 18.9 Å². The van der Waals surface area contributed by atoms with Crippen LogP contribution in [0.5, 0.6) is 0 Å². The number of nitrogens with one attached hydrogen (secondary N) is 1. The van der Waals surface area contributed by atoms with Crippen molar-refractivity contribution in [3.8, 4) is 0 Å². The number of benzene rings is 1. The number of hydrogen-bond acceptors (Lipinski definition) is 4. The van der Waals surface area contributed by atoms with Gasteiger partial charge in [-0.2, -0.15) is 0 Å². The van der Waals surface area contributed by atoms with E-state index in [0.29, 0.717) is 6.54 Å². The zero-order valence-electron chi connectivity index (χ0n) is 10.5. The molecule has 0 aliphatic carbocycles. The van der Waals surface area contributed by atoms with Gasteiger partial charge in [-0.1, -0.05) is 13.0 Å². The maximum absolute atomic E-state index is 13.2. The summed E-state index contributed by atoms with van der Waals surface area (Å²) in [6.07, 6.45) is 0. The summed E-state index contributed by atoms with van der Waals surface area (Å²) in [5, 5.41) is 0. The molecule has 0 saturated heterocycles. The average Bonchev–Trinajstić information content (AvgIpc) is 2.32. The van der Waals surface area contributed by atoms with Crippen LogP contribution in [0.1, 0.15) is 6.92 Å². The average molecular weight is 275 g/mol. The molecule has 0 heterocycles. The van der Waals surface area contributed by atoms with Crippen LogP contribution >= 0.6 is 0 Å². The summed E-state index contributed by atoms with van der Waals surface area (Å²) in [5.74, 6) is -0.733. The fourth-order valence-electron chi connectivity index (χ4n) is 1.36. The van der Waals surface area contributed by atoms with E-state index in [9.17, 15) is 12.8 Å². The summed E-state index contributed by atoms with van der Waals surface area (Å²) < 4.78 is 39.4. The Hall–Kier alpha value is -1.18. The Balaban J connectivity index is 2.78. The quantitative estimate of drug-likeness (QED) is 0.747. The smallest absolute Gasteiger partial charge is 0.242 e. The van der Waals surface area contributed by atoms with Crippen LogP contribution in [-0.2, 0) is 10.0 Å². The zero-order chi connectivity index (χ0) is 13.8. The second-order valence-corrected chi connectivity index (χ2v) is 5.68. The van der Waals surface area contributed by atoms with E-state index in [1.54, 1.807) is 0 Å². The predicted molar refractivity (Wildman–Crippen MR) is 69.2 cm³/mol. The highest BCUT2D eigenvalue weighted by Gasteiger charge is 2.18. The molecule has 0 amide bonds. The van der Waals surface area contributed by atoms with Gasteiger partial charge in [-0.3, -0.25) is 0 Å². The molecule has 5 nitrogen and oxygen atoms in total. The molecule has 1 aromatic carbocycles. The van der Waals surface area contributed by atoms with Gasteiger partial charge in [0.1, 0.15) is 10.7 Å².